The Balaban J connectivity index is 1.90. The molecule has 2 nitrogen and oxygen atoms in total. The first-order valence-corrected chi connectivity index (χ1v) is 7.26. The zero-order valence-electron chi connectivity index (χ0n) is 10.1. The molecule has 0 unspecified atom stereocenters. The molecule has 0 saturated heterocycles. The van der Waals surface area contributed by atoms with Gasteiger partial charge in [-0.1, -0.05) is 37.8 Å². The Morgan fingerprint density at radius 2 is 1.88 bits per heavy atom. The van der Waals surface area contributed by atoms with Crippen LogP contribution in [0, 0.1) is 0 Å². The summed E-state index contributed by atoms with van der Waals surface area (Å²) in [6, 6.07) is 6.43. The maximum absolute atomic E-state index is 9.90. The molecule has 2 rings (SSSR count). The Labute approximate surface area is 112 Å². The fraction of sp³-hybridized carbons (Fsp3) is 0.571. The second-order valence-electron chi connectivity index (χ2n) is 4.82. The summed E-state index contributed by atoms with van der Waals surface area (Å²) in [6.07, 6.45) is 7.97. The maximum Gasteiger partial charge on any atom is 0.134 e. The van der Waals surface area contributed by atoms with Crippen LogP contribution >= 0.6 is 15.9 Å². The zero-order chi connectivity index (χ0) is 12.1. The molecule has 0 aliphatic heterocycles. The van der Waals surface area contributed by atoms with Gasteiger partial charge in [0.05, 0.1) is 4.47 Å². The Morgan fingerprint density at radius 1 is 1.18 bits per heavy atom. The number of benzene rings is 1. The molecule has 1 saturated carbocycles. The molecule has 0 amide bonds. The number of hydrogen-bond donors (Lipinski definition) is 2. The minimum absolute atomic E-state index is 0.369. The van der Waals surface area contributed by atoms with Crippen LogP contribution in [0.25, 0.3) is 0 Å². The molecular weight excluding hydrogens is 278 g/mol. The van der Waals surface area contributed by atoms with E-state index in [1.54, 1.807) is 0 Å². The summed E-state index contributed by atoms with van der Waals surface area (Å²) in [7, 11) is 0. The number of rotatable bonds is 3. The van der Waals surface area contributed by atoms with Crippen molar-refractivity contribution in [2.75, 3.05) is 0 Å². The highest BCUT2D eigenvalue weighted by atomic mass is 79.9. The molecule has 94 valence electrons. The summed E-state index contributed by atoms with van der Waals surface area (Å²) in [5, 5.41) is 13.5. The van der Waals surface area contributed by atoms with E-state index >= 15 is 0 Å². The molecule has 0 radical (unpaired) electrons. The summed E-state index contributed by atoms with van der Waals surface area (Å²) < 4.78 is 0.776. The molecule has 1 fully saturated rings. The predicted molar refractivity (Wildman–Crippen MR) is 74.1 cm³/mol. The van der Waals surface area contributed by atoms with Crippen molar-refractivity contribution in [1.82, 2.24) is 5.32 Å². The third kappa shape index (κ3) is 3.71. The highest BCUT2D eigenvalue weighted by molar-refractivity contribution is 9.10. The van der Waals surface area contributed by atoms with Crippen LogP contribution in [0.3, 0.4) is 0 Å². The van der Waals surface area contributed by atoms with Gasteiger partial charge in [-0.25, -0.2) is 0 Å². The Kier molecular flexibility index (Phi) is 4.86. The van der Waals surface area contributed by atoms with E-state index in [0.29, 0.717) is 11.8 Å². The fourth-order valence-corrected chi connectivity index (χ4v) is 2.85. The Morgan fingerprint density at radius 3 is 2.59 bits per heavy atom. The number of nitrogens with one attached hydrogen (secondary N) is 1. The first-order valence-electron chi connectivity index (χ1n) is 6.47. The van der Waals surface area contributed by atoms with Crippen molar-refractivity contribution in [2.24, 2.45) is 0 Å². The molecule has 17 heavy (non-hydrogen) atoms. The number of halogens is 1. The van der Waals surface area contributed by atoms with Crippen molar-refractivity contribution in [2.45, 2.75) is 51.1 Å². The van der Waals surface area contributed by atoms with Crippen molar-refractivity contribution in [3.05, 3.63) is 28.2 Å². The van der Waals surface area contributed by atoms with Crippen LogP contribution in [0.2, 0.25) is 0 Å². The monoisotopic (exact) mass is 297 g/mol. The zero-order valence-corrected chi connectivity index (χ0v) is 11.7. The van der Waals surface area contributed by atoms with Gasteiger partial charge in [0.2, 0.25) is 0 Å². The van der Waals surface area contributed by atoms with Crippen molar-refractivity contribution >= 4 is 15.9 Å². The molecule has 0 heterocycles. The van der Waals surface area contributed by atoms with Gasteiger partial charge in [-0.05, 0) is 34.8 Å². The molecule has 1 aromatic rings. The van der Waals surface area contributed by atoms with Gasteiger partial charge in [-0.2, -0.15) is 0 Å². The van der Waals surface area contributed by atoms with E-state index < -0.39 is 0 Å². The van der Waals surface area contributed by atoms with Crippen LogP contribution in [0.4, 0.5) is 0 Å². The van der Waals surface area contributed by atoms with E-state index in [4.69, 9.17) is 0 Å². The number of hydrogen-bond acceptors (Lipinski definition) is 2. The summed E-state index contributed by atoms with van der Waals surface area (Å²) in [5.74, 6) is 0.369. The second kappa shape index (κ2) is 6.41. The number of phenols is 1. The van der Waals surface area contributed by atoms with Crippen LogP contribution in [0.15, 0.2) is 22.7 Å². The summed E-state index contributed by atoms with van der Waals surface area (Å²) in [6.45, 7) is 0.760. The quantitative estimate of drug-likeness (QED) is 0.828. The lowest BCUT2D eigenvalue weighted by atomic mass is 10.1. The van der Waals surface area contributed by atoms with Crippen molar-refractivity contribution < 1.29 is 5.11 Å². The van der Waals surface area contributed by atoms with E-state index in [0.717, 1.165) is 16.6 Å². The van der Waals surface area contributed by atoms with Gasteiger partial charge in [0.25, 0.3) is 0 Å². The van der Waals surface area contributed by atoms with E-state index in [-0.39, 0.29) is 0 Å². The highest BCUT2D eigenvalue weighted by Gasteiger charge is 2.12. The lowest BCUT2D eigenvalue weighted by molar-refractivity contribution is 0.436. The molecule has 0 spiro atoms. The molecule has 0 atom stereocenters. The molecule has 1 aliphatic carbocycles. The van der Waals surface area contributed by atoms with Gasteiger partial charge < -0.3 is 10.4 Å². The van der Waals surface area contributed by atoms with Gasteiger partial charge in [-0.3, -0.25) is 0 Å². The molecule has 0 bridgehead atoms. The number of aromatic hydroxyl groups is 1. The standard InChI is InChI=1S/C14H20BrNO/c15-13-9-5-6-11(14(13)17)10-16-12-7-3-1-2-4-8-12/h5-6,9,12,16-17H,1-4,7-8,10H2. The molecule has 3 heteroatoms. The van der Waals surface area contributed by atoms with E-state index in [9.17, 15) is 5.11 Å². The molecular formula is C14H20BrNO. The SMILES string of the molecule is Oc1c(Br)cccc1CNC1CCCCCC1. The lowest BCUT2D eigenvalue weighted by Gasteiger charge is -2.16. The minimum Gasteiger partial charge on any atom is -0.506 e. The summed E-state index contributed by atoms with van der Waals surface area (Å²) in [5.41, 5.74) is 0.976. The normalized spacial score (nSPS) is 17.9. The van der Waals surface area contributed by atoms with Gasteiger partial charge in [0.1, 0.15) is 5.75 Å². The van der Waals surface area contributed by atoms with Crippen molar-refractivity contribution in [3.8, 4) is 5.75 Å². The van der Waals surface area contributed by atoms with Gasteiger partial charge in [0.15, 0.2) is 0 Å². The van der Waals surface area contributed by atoms with Crippen molar-refractivity contribution in [3.63, 3.8) is 0 Å². The second-order valence-corrected chi connectivity index (χ2v) is 5.67. The third-order valence-corrected chi connectivity index (χ3v) is 4.15. The van der Waals surface area contributed by atoms with Crippen LogP contribution in [0.1, 0.15) is 44.1 Å². The fourth-order valence-electron chi connectivity index (χ4n) is 2.44. The molecule has 2 N–H and O–H groups in total. The minimum atomic E-state index is 0.369. The molecule has 1 aromatic carbocycles. The largest absolute Gasteiger partial charge is 0.506 e. The number of para-hydroxylation sites is 1. The lowest BCUT2D eigenvalue weighted by Crippen LogP contribution is -2.27. The highest BCUT2D eigenvalue weighted by Crippen LogP contribution is 2.27. The van der Waals surface area contributed by atoms with E-state index in [2.05, 4.69) is 21.2 Å². The van der Waals surface area contributed by atoms with Crippen LogP contribution in [-0.4, -0.2) is 11.1 Å². The Hall–Kier alpha value is -0.540. The third-order valence-electron chi connectivity index (χ3n) is 3.51. The van der Waals surface area contributed by atoms with E-state index in [1.807, 2.05) is 18.2 Å². The van der Waals surface area contributed by atoms with Crippen LogP contribution < -0.4 is 5.32 Å². The average Bonchev–Trinajstić information content (AvgIpc) is 2.59. The smallest absolute Gasteiger partial charge is 0.134 e. The Bertz CT molecular complexity index is 359. The van der Waals surface area contributed by atoms with Gasteiger partial charge >= 0.3 is 0 Å². The topological polar surface area (TPSA) is 32.3 Å². The van der Waals surface area contributed by atoms with Crippen molar-refractivity contribution in [1.29, 1.82) is 0 Å². The predicted octanol–water partition coefficient (Wildman–Crippen LogP) is 3.97. The summed E-state index contributed by atoms with van der Waals surface area (Å²) >= 11 is 3.35. The van der Waals surface area contributed by atoms with Gasteiger partial charge in [-0.15, -0.1) is 0 Å². The first kappa shape index (κ1) is 12.9. The maximum atomic E-state index is 9.90. The number of phenolic OH excluding ortho intramolecular Hbond substituents is 1. The van der Waals surface area contributed by atoms with Crippen LogP contribution in [-0.2, 0) is 6.54 Å². The van der Waals surface area contributed by atoms with E-state index in [1.165, 1.54) is 38.5 Å². The summed E-state index contributed by atoms with van der Waals surface area (Å²) in [4.78, 5) is 0. The first-order chi connectivity index (χ1) is 8.27. The molecule has 1 aliphatic rings. The van der Waals surface area contributed by atoms with Gasteiger partial charge in [0, 0.05) is 18.2 Å². The van der Waals surface area contributed by atoms with Crippen LogP contribution in [0.5, 0.6) is 5.75 Å². The average molecular weight is 298 g/mol. The molecule has 0 aromatic heterocycles.